The van der Waals surface area contributed by atoms with Crippen molar-refractivity contribution in [2.45, 2.75) is 19.4 Å². The normalized spacial score (nSPS) is 22.8. The van der Waals surface area contributed by atoms with Crippen molar-refractivity contribution in [2.75, 3.05) is 39.8 Å². The Morgan fingerprint density at radius 3 is 2.54 bits per heavy atom. The molecule has 0 N–H and O–H groups in total. The highest BCUT2D eigenvalue weighted by Crippen LogP contribution is 2.21. The molecule has 2 aliphatic rings. The fourth-order valence-corrected chi connectivity index (χ4v) is 3.41. The van der Waals surface area contributed by atoms with Crippen LogP contribution in [-0.2, 0) is 16.1 Å². The lowest BCUT2D eigenvalue weighted by atomic mass is 9.94. The van der Waals surface area contributed by atoms with Crippen LogP contribution in [0, 0.1) is 11.7 Å². The average molecular weight is 333 g/mol. The Kier molecular flexibility index (Phi) is 5.14. The van der Waals surface area contributed by atoms with Crippen molar-refractivity contribution in [3.05, 3.63) is 35.6 Å². The zero-order valence-electron chi connectivity index (χ0n) is 14.1. The van der Waals surface area contributed by atoms with Crippen molar-refractivity contribution in [1.29, 1.82) is 0 Å². The van der Waals surface area contributed by atoms with Crippen LogP contribution in [0.25, 0.3) is 0 Å². The third kappa shape index (κ3) is 3.75. The van der Waals surface area contributed by atoms with E-state index >= 15 is 0 Å². The molecule has 2 fully saturated rings. The van der Waals surface area contributed by atoms with Crippen LogP contribution in [-0.4, -0.2) is 66.3 Å². The number of carbonyl (C=O) groups excluding carboxylic acids is 2. The molecule has 1 aromatic carbocycles. The topological polar surface area (TPSA) is 43.9 Å². The maximum atomic E-state index is 13.7. The van der Waals surface area contributed by atoms with E-state index < -0.39 is 0 Å². The second-order valence-corrected chi connectivity index (χ2v) is 6.70. The number of nitrogens with zero attached hydrogens (tertiary/aromatic N) is 3. The van der Waals surface area contributed by atoms with Gasteiger partial charge in [-0.05, 0) is 12.5 Å². The molecule has 1 aromatic rings. The summed E-state index contributed by atoms with van der Waals surface area (Å²) in [6.45, 7) is 3.99. The molecule has 0 bridgehead atoms. The summed E-state index contributed by atoms with van der Waals surface area (Å²) >= 11 is 0. The molecule has 6 heteroatoms. The van der Waals surface area contributed by atoms with Crippen LogP contribution < -0.4 is 0 Å². The second-order valence-electron chi connectivity index (χ2n) is 6.70. The quantitative estimate of drug-likeness (QED) is 0.838. The molecule has 0 aromatic heterocycles. The van der Waals surface area contributed by atoms with E-state index in [-0.39, 0.29) is 23.5 Å². The Morgan fingerprint density at radius 1 is 1.17 bits per heavy atom. The van der Waals surface area contributed by atoms with Crippen LogP contribution >= 0.6 is 0 Å². The molecule has 3 rings (SSSR count). The molecule has 1 atom stereocenters. The van der Waals surface area contributed by atoms with E-state index in [4.69, 9.17) is 0 Å². The first-order chi connectivity index (χ1) is 11.5. The summed E-state index contributed by atoms with van der Waals surface area (Å²) in [6.07, 6.45) is 1.07. The molecule has 0 spiro atoms. The number of halogens is 1. The van der Waals surface area contributed by atoms with E-state index in [1.807, 2.05) is 11.0 Å². The third-order valence-electron chi connectivity index (χ3n) is 5.04. The second kappa shape index (κ2) is 7.30. The lowest BCUT2D eigenvalue weighted by molar-refractivity contribution is -0.145. The van der Waals surface area contributed by atoms with Crippen molar-refractivity contribution in [3.63, 3.8) is 0 Å². The van der Waals surface area contributed by atoms with Gasteiger partial charge in [0.1, 0.15) is 5.82 Å². The Bertz CT molecular complexity index is 614. The van der Waals surface area contributed by atoms with Crippen molar-refractivity contribution >= 4 is 11.8 Å². The third-order valence-corrected chi connectivity index (χ3v) is 5.04. The minimum atomic E-state index is -0.180. The number of hydrogen-bond donors (Lipinski definition) is 0. The maximum absolute atomic E-state index is 13.7. The van der Waals surface area contributed by atoms with Gasteiger partial charge in [0.05, 0.1) is 0 Å². The molecule has 2 heterocycles. The zero-order valence-corrected chi connectivity index (χ0v) is 14.1. The number of carbonyl (C=O) groups is 2. The number of likely N-dealkylation sites (tertiary alicyclic amines) is 1. The lowest BCUT2D eigenvalue weighted by Crippen LogP contribution is -2.51. The van der Waals surface area contributed by atoms with Gasteiger partial charge in [-0.3, -0.25) is 14.5 Å². The van der Waals surface area contributed by atoms with Crippen molar-refractivity contribution in [3.8, 4) is 0 Å². The van der Waals surface area contributed by atoms with E-state index in [9.17, 15) is 14.0 Å². The number of hydrogen-bond acceptors (Lipinski definition) is 3. The lowest BCUT2D eigenvalue weighted by Gasteiger charge is -2.38. The van der Waals surface area contributed by atoms with Gasteiger partial charge in [-0.1, -0.05) is 18.2 Å². The molecule has 0 radical (unpaired) electrons. The van der Waals surface area contributed by atoms with Gasteiger partial charge in [0.25, 0.3) is 0 Å². The van der Waals surface area contributed by atoms with E-state index in [2.05, 4.69) is 4.90 Å². The van der Waals surface area contributed by atoms with Gasteiger partial charge in [-0.15, -0.1) is 0 Å². The first kappa shape index (κ1) is 16.9. The predicted octanol–water partition coefficient (Wildman–Crippen LogP) is 1.34. The van der Waals surface area contributed by atoms with E-state index in [1.54, 1.807) is 24.1 Å². The summed E-state index contributed by atoms with van der Waals surface area (Å²) < 4.78 is 13.7. The Balaban J connectivity index is 1.51. The zero-order chi connectivity index (χ0) is 17.1. The highest BCUT2D eigenvalue weighted by molar-refractivity contribution is 5.87. The summed E-state index contributed by atoms with van der Waals surface area (Å²) in [7, 11) is 1.78. The molecule has 0 saturated carbocycles. The standard InChI is InChI=1S/C18H24FN3O2/c1-20-7-6-14(12-17(20)23)18(24)22-10-8-21(9-11-22)13-15-4-2-3-5-16(15)19/h2-5,14H,6-13H2,1H3/t14-/m1/s1. The molecule has 5 nitrogen and oxygen atoms in total. The van der Waals surface area contributed by atoms with Gasteiger partial charge in [0.15, 0.2) is 0 Å². The van der Waals surface area contributed by atoms with E-state index in [0.29, 0.717) is 38.2 Å². The molecule has 2 saturated heterocycles. The molecule has 130 valence electrons. The highest BCUT2D eigenvalue weighted by Gasteiger charge is 2.32. The molecule has 0 unspecified atom stereocenters. The number of rotatable bonds is 3. The Labute approximate surface area is 142 Å². The van der Waals surface area contributed by atoms with Gasteiger partial charge in [-0.2, -0.15) is 0 Å². The molecular weight excluding hydrogens is 309 g/mol. The Morgan fingerprint density at radius 2 is 1.88 bits per heavy atom. The molecule has 0 aliphatic carbocycles. The summed E-state index contributed by atoms with van der Waals surface area (Å²) in [4.78, 5) is 30.1. The van der Waals surface area contributed by atoms with Crippen LogP contribution in [0.4, 0.5) is 4.39 Å². The summed E-state index contributed by atoms with van der Waals surface area (Å²) in [5.74, 6) is -0.201. The first-order valence-electron chi connectivity index (χ1n) is 8.53. The van der Waals surface area contributed by atoms with Crippen LogP contribution in [0.1, 0.15) is 18.4 Å². The monoisotopic (exact) mass is 333 g/mol. The van der Waals surface area contributed by atoms with Crippen LogP contribution in [0.15, 0.2) is 24.3 Å². The predicted molar refractivity (Wildman–Crippen MR) is 88.6 cm³/mol. The largest absolute Gasteiger partial charge is 0.346 e. The average Bonchev–Trinajstić information content (AvgIpc) is 2.59. The summed E-state index contributed by atoms with van der Waals surface area (Å²) in [5, 5.41) is 0. The van der Waals surface area contributed by atoms with Crippen LogP contribution in [0.3, 0.4) is 0 Å². The maximum Gasteiger partial charge on any atom is 0.226 e. The van der Waals surface area contributed by atoms with Gasteiger partial charge in [0.2, 0.25) is 11.8 Å². The fraction of sp³-hybridized carbons (Fsp3) is 0.556. The SMILES string of the molecule is CN1CC[C@@H](C(=O)N2CCN(Cc3ccccc3F)CC2)CC1=O. The Hall–Kier alpha value is -1.95. The number of amides is 2. The minimum Gasteiger partial charge on any atom is -0.346 e. The van der Waals surface area contributed by atoms with Crippen molar-refractivity contribution in [2.24, 2.45) is 5.92 Å². The molecule has 2 amide bonds. The van der Waals surface area contributed by atoms with Crippen molar-refractivity contribution in [1.82, 2.24) is 14.7 Å². The van der Waals surface area contributed by atoms with E-state index in [0.717, 1.165) is 19.5 Å². The number of piperazine rings is 1. The van der Waals surface area contributed by atoms with Gasteiger partial charge >= 0.3 is 0 Å². The van der Waals surface area contributed by atoms with Crippen LogP contribution in [0.2, 0.25) is 0 Å². The fourth-order valence-electron chi connectivity index (χ4n) is 3.41. The van der Waals surface area contributed by atoms with Gasteiger partial charge in [0, 0.05) is 64.2 Å². The van der Waals surface area contributed by atoms with Gasteiger partial charge < -0.3 is 9.80 Å². The highest BCUT2D eigenvalue weighted by atomic mass is 19.1. The summed E-state index contributed by atoms with van der Waals surface area (Å²) in [6, 6.07) is 6.82. The summed E-state index contributed by atoms with van der Waals surface area (Å²) in [5.41, 5.74) is 0.693. The molecule has 2 aliphatic heterocycles. The molecular formula is C18H24FN3O2. The smallest absolute Gasteiger partial charge is 0.226 e. The minimum absolute atomic E-state index is 0.0535. The van der Waals surface area contributed by atoms with E-state index in [1.165, 1.54) is 6.07 Å². The number of benzene rings is 1. The number of piperidine rings is 1. The van der Waals surface area contributed by atoms with Crippen molar-refractivity contribution < 1.29 is 14.0 Å². The van der Waals surface area contributed by atoms with Gasteiger partial charge in [-0.25, -0.2) is 4.39 Å². The van der Waals surface area contributed by atoms with Crippen LogP contribution in [0.5, 0.6) is 0 Å². The molecule has 24 heavy (non-hydrogen) atoms. The first-order valence-corrected chi connectivity index (χ1v) is 8.53.